The third kappa shape index (κ3) is 2.16. The van der Waals surface area contributed by atoms with Gasteiger partial charge in [0.1, 0.15) is 0 Å². The number of benzene rings is 1. The lowest BCUT2D eigenvalue weighted by atomic mass is 9.76. The molecule has 0 spiro atoms. The highest BCUT2D eigenvalue weighted by molar-refractivity contribution is 9.10. The van der Waals surface area contributed by atoms with Crippen LogP contribution in [0.5, 0.6) is 11.5 Å². The molecule has 0 unspecified atom stereocenters. The lowest BCUT2D eigenvalue weighted by Gasteiger charge is -2.36. The van der Waals surface area contributed by atoms with E-state index in [0.717, 1.165) is 36.8 Å². The molecule has 17 heavy (non-hydrogen) atoms. The minimum absolute atomic E-state index is 0.0995. The number of nitrogens with two attached hydrogens (primary N) is 1. The summed E-state index contributed by atoms with van der Waals surface area (Å²) in [5, 5.41) is 19.4. The van der Waals surface area contributed by atoms with Gasteiger partial charge in [-0.25, -0.2) is 0 Å². The maximum atomic E-state index is 9.80. The Morgan fingerprint density at radius 3 is 2.41 bits per heavy atom. The summed E-state index contributed by atoms with van der Waals surface area (Å²) in [6.07, 6.45) is 5.31. The van der Waals surface area contributed by atoms with Crippen LogP contribution >= 0.6 is 15.9 Å². The van der Waals surface area contributed by atoms with E-state index >= 15 is 0 Å². The van der Waals surface area contributed by atoms with E-state index < -0.39 is 0 Å². The van der Waals surface area contributed by atoms with Crippen molar-refractivity contribution in [1.82, 2.24) is 0 Å². The highest BCUT2D eigenvalue weighted by Gasteiger charge is 2.34. The molecule has 1 aromatic rings. The van der Waals surface area contributed by atoms with Crippen LogP contribution in [0.15, 0.2) is 10.5 Å². The van der Waals surface area contributed by atoms with Crippen molar-refractivity contribution < 1.29 is 10.2 Å². The minimum atomic E-state index is -0.383. The lowest BCUT2D eigenvalue weighted by Crippen LogP contribution is -2.39. The van der Waals surface area contributed by atoms with E-state index in [1.165, 1.54) is 6.42 Å². The number of phenols is 2. The van der Waals surface area contributed by atoms with E-state index in [4.69, 9.17) is 5.73 Å². The Labute approximate surface area is 110 Å². The predicted octanol–water partition coefficient (Wildman–Crippen LogP) is 3.29. The van der Waals surface area contributed by atoms with E-state index in [1.807, 2.05) is 6.92 Å². The van der Waals surface area contributed by atoms with Crippen molar-refractivity contribution in [1.29, 1.82) is 0 Å². The van der Waals surface area contributed by atoms with E-state index in [-0.39, 0.29) is 17.0 Å². The van der Waals surface area contributed by atoms with Crippen LogP contribution in [-0.2, 0) is 5.54 Å². The van der Waals surface area contributed by atoms with Gasteiger partial charge in [0.2, 0.25) is 0 Å². The molecule has 0 amide bonds. The molecule has 94 valence electrons. The zero-order chi connectivity index (χ0) is 12.6. The molecule has 0 aromatic heterocycles. The van der Waals surface area contributed by atoms with Crippen molar-refractivity contribution in [3.05, 3.63) is 21.7 Å². The molecule has 0 atom stereocenters. The Morgan fingerprint density at radius 1 is 1.24 bits per heavy atom. The van der Waals surface area contributed by atoms with Gasteiger partial charge in [-0.3, -0.25) is 0 Å². The minimum Gasteiger partial charge on any atom is -0.504 e. The van der Waals surface area contributed by atoms with E-state index in [9.17, 15) is 10.2 Å². The van der Waals surface area contributed by atoms with E-state index in [0.29, 0.717) is 4.47 Å². The second-order valence-corrected chi connectivity index (χ2v) is 5.76. The van der Waals surface area contributed by atoms with Crippen LogP contribution in [-0.4, -0.2) is 10.2 Å². The van der Waals surface area contributed by atoms with Gasteiger partial charge in [-0.1, -0.05) is 19.3 Å². The summed E-state index contributed by atoms with van der Waals surface area (Å²) in [6.45, 7) is 1.92. The predicted molar refractivity (Wildman–Crippen MR) is 71.2 cm³/mol. The molecule has 1 aliphatic rings. The van der Waals surface area contributed by atoms with Gasteiger partial charge >= 0.3 is 0 Å². The summed E-state index contributed by atoms with van der Waals surface area (Å²) in [7, 11) is 0. The van der Waals surface area contributed by atoms with Gasteiger partial charge < -0.3 is 15.9 Å². The summed E-state index contributed by atoms with van der Waals surface area (Å²) in [4.78, 5) is 0. The zero-order valence-electron chi connectivity index (χ0n) is 9.96. The van der Waals surface area contributed by atoms with E-state index in [1.54, 1.807) is 6.07 Å². The van der Waals surface area contributed by atoms with Crippen molar-refractivity contribution in [3.8, 4) is 11.5 Å². The number of aromatic hydroxyl groups is 2. The van der Waals surface area contributed by atoms with Crippen molar-refractivity contribution in [2.75, 3.05) is 0 Å². The van der Waals surface area contributed by atoms with Crippen molar-refractivity contribution in [3.63, 3.8) is 0 Å². The fourth-order valence-corrected chi connectivity index (χ4v) is 3.70. The van der Waals surface area contributed by atoms with Crippen LogP contribution in [0.3, 0.4) is 0 Å². The maximum absolute atomic E-state index is 9.80. The van der Waals surface area contributed by atoms with Gasteiger partial charge in [-0.05, 0) is 52.9 Å². The molecule has 1 fully saturated rings. The molecule has 4 N–H and O–H groups in total. The first-order chi connectivity index (χ1) is 7.96. The highest BCUT2D eigenvalue weighted by Crippen LogP contribution is 2.46. The average molecular weight is 300 g/mol. The summed E-state index contributed by atoms with van der Waals surface area (Å²) in [5.74, 6) is -0.210. The molecule has 0 bridgehead atoms. The molecule has 1 aromatic carbocycles. The SMILES string of the molecule is Cc1cc(O)c(O)c(Br)c1C1(N)CCCCC1. The topological polar surface area (TPSA) is 66.5 Å². The third-order valence-corrected chi connectivity index (χ3v) is 4.43. The maximum Gasteiger partial charge on any atom is 0.172 e. The molecule has 0 saturated heterocycles. The molecule has 1 aliphatic carbocycles. The summed E-state index contributed by atoms with van der Waals surface area (Å²) in [5.41, 5.74) is 7.96. The molecule has 0 heterocycles. The lowest BCUT2D eigenvalue weighted by molar-refractivity contribution is 0.297. The highest BCUT2D eigenvalue weighted by atomic mass is 79.9. The molecule has 3 nitrogen and oxygen atoms in total. The van der Waals surface area contributed by atoms with Gasteiger partial charge in [0, 0.05) is 5.54 Å². The van der Waals surface area contributed by atoms with Crippen LogP contribution in [0.25, 0.3) is 0 Å². The molecule has 0 aliphatic heterocycles. The van der Waals surface area contributed by atoms with Crippen molar-refractivity contribution >= 4 is 15.9 Å². The quantitative estimate of drug-likeness (QED) is 0.697. The Balaban J connectivity index is 2.54. The Hall–Kier alpha value is -0.740. The zero-order valence-corrected chi connectivity index (χ0v) is 11.5. The standard InChI is InChI=1S/C13H18BrNO2/c1-8-7-9(16)12(17)11(14)10(8)13(15)5-3-2-4-6-13/h7,16-17H,2-6,15H2,1H3. The average Bonchev–Trinajstić information content (AvgIpc) is 2.26. The largest absolute Gasteiger partial charge is 0.504 e. The van der Waals surface area contributed by atoms with Gasteiger partial charge in [-0.2, -0.15) is 0 Å². The van der Waals surface area contributed by atoms with Crippen LogP contribution < -0.4 is 5.73 Å². The van der Waals surface area contributed by atoms with Crippen LogP contribution in [0, 0.1) is 6.92 Å². The summed E-state index contributed by atoms with van der Waals surface area (Å²) in [6, 6.07) is 1.58. The molecule has 4 heteroatoms. The first-order valence-electron chi connectivity index (χ1n) is 5.96. The normalized spacial score (nSPS) is 19.2. The second kappa shape index (κ2) is 4.50. The molecule has 1 saturated carbocycles. The van der Waals surface area contributed by atoms with Crippen LogP contribution in [0.1, 0.15) is 43.2 Å². The Bertz CT molecular complexity index is 440. The number of hydrogen-bond donors (Lipinski definition) is 3. The third-order valence-electron chi connectivity index (χ3n) is 3.66. The number of phenolic OH excluding ortho intramolecular Hbond substituents is 2. The van der Waals surface area contributed by atoms with Crippen LogP contribution in [0.4, 0.5) is 0 Å². The first-order valence-corrected chi connectivity index (χ1v) is 6.75. The number of halogens is 1. The molecular weight excluding hydrogens is 282 g/mol. The molecule has 0 radical (unpaired) electrons. The summed E-state index contributed by atoms with van der Waals surface area (Å²) >= 11 is 3.36. The second-order valence-electron chi connectivity index (χ2n) is 4.97. The van der Waals surface area contributed by atoms with Crippen LogP contribution in [0.2, 0.25) is 0 Å². The number of hydrogen-bond acceptors (Lipinski definition) is 3. The fourth-order valence-electron chi connectivity index (χ4n) is 2.79. The Morgan fingerprint density at radius 2 is 1.82 bits per heavy atom. The number of rotatable bonds is 1. The molecular formula is C13H18BrNO2. The monoisotopic (exact) mass is 299 g/mol. The number of aryl methyl sites for hydroxylation is 1. The van der Waals surface area contributed by atoms with Gasteiger partial charge in [0.25, 0.3) is 0 Å². The smallest absolute Gasteiger partial charge is 0.172 e. The Kier molecular flexibility index (Phi) is 3.36. The van der Waals surface area contributed by atoms with Gasteiger partial charge in [0.05, 0.1) is 4.47 Å². The van der Waals surface area contributed by atoms with Crippen molar-refractivity contribution in [2.24, 2.45) is 5.73 Å². The first kappa shape index (κ1) is 12.7. The fraction of sp³-hybridized carbons (Fsp3) is 0.538. The van der Waals surface area contributed by atoms with Gasteiger partial charge in [0.15, 0.2) is 11.5 Å². The van der Waals surface area contributed by atoms with Gasteiger partial charge in [-0.15, -0.1) is 0 Å². The van der Waals surface area contributed by atoms with E-state index in [2.05, 4.69) is 15.9 Å². The molecule has 2 rings (SSSR count). The van der Waals surface area contributed by atoms with Crippen molar-refractivity contribution in [2.45, 2.75) is 44.6 Å². The summed E-state index contributed by atoms with van der Waals surface area (Å²) < 4.78 is 0.541.